The third-order valence-corrected chi connectivity index (χ3v) is 1.46. The standard InChI is InChI=1S/C4H6N2S.C4H10/c5-3-4-6-1-2-7-4;1-4(2)3/h1-2H,3,5H2;4H,1-3H3. The summed E-state index contributed by atoms with van der Waals surface area (Å²) < 4.78 is 0. The van der Waals surface area contributed by atoms with Crippen LogP contribution in [0.25, 0.3) is 0 Å². The van der Waals surface area contributed by atoms with Gasteiger partial charge in [0.2, 0.25) is 0 Å². The van der Waals surface area contributed by atoms with Crippen molar-refractivity contribution in [2.24, 2.45) is 11.7 Å². The Bertz CT molecular complexity index is 156. The Hall–Kier alpha value is -0.410. The first-order valence-electron chi connectivity index (χ1n) is 3.75. The highest BCUT2D eigenvalue weighted by Gasteiger charge is 1.84. The Balaban J connectivity index is 0.000000218. The smallest absolute Gasteiger partial charge is 0.106 e. The second-order valence-corrected chi connectivity index (χ2v) is 3.84. The summed E-state index contributed by atoms with van der Waals surface area (Å²) in [6.45, 7) is 7.07. The van der Waals surface area contributed by atoms with Gasteiger partial charge in [-0.3, -0.25) is 0 Å². The highest BCUT2D eigenvalue weighted by molar-refractivity contribution is 7.09. The maximum atomic E-state index is 5.24. The first-order chi connectivity index (χ1) is 5.16. The molecule has 0 aromatic carbocycles. The van der Waals surface area contributed by atoms with Gasteiger partial charge in [0, 0.05) is 18.1 Å². The minimum atomic E-state index is 0.567. The fourth-order valence-corrected chi connectivity index (χ4v) is 0.851. The molecule has 3 heteroatoms. The zero-order valence-corrected chi connectivity index (χ0v) is 8.19. The van der Waals surface area contributed by atoms with Crippen LogP contribution >= 0.6 is 11.3 Å². The van der Waals surface area contributed by atoms with E-state index in [1.54, 1.807) is 17.5 Å². The molecule has 11 heavy (non-hydrogen) atoms. The van der Waals surface area contributed by atoms with Gasteiger partial charge in [-0.25, -0.2) is 4.98 Å². The molecule has 0 spiro atoms. The van der Waals surface area contributed by atoms with Gasteiger partial charge in [-0.2, -0.15) is 0 Å². The SMILES string of the molecule is CC(C)C.NCc1nccs1. The van der Waals surface area contributed by atoms with Crippen molar-refractivity contribution in [2.45, 2.75) is 27.3 Å². The van der Waals surface area contributed by atoms with Crippen LogP contribution in [0.2, 0.25) is 0 Å². The molecule has 0 saturated heterocycles. The summed E-state index contributed by atoms with van der Waals surface area (Å²) in [4.78, 5) is 3.93. The van der Waals surface area contributed by atoms with Crippen LogP contribution in [-0.2, 0) is 6.54 Å². The van der Waals surface area contributed by atoms with Crippen molar-refractivity contribution in [3.05, 3.63) is 16.6 Å². The lowest BCUT2D eigenvalue weighted by atomic mass is 10.3. The molecule has 0 unspecified atom stereocenters. The Morgan fingerprint density at radius 3 is 2.27 bits per heavy atom. The summed E-state index contributed by atoms with van der Waals surface area (Å²) in [5.74, 6) is 0.833. The van der Waals surface area contributed by atoms with E-state index in [0.717, 1.165) is 10.9 Å². The molecule has 2 N–H and O–H groups in total. The number of rotatable bonds is 1. The van der Waals surface area contributed by atoms with Crippen LogP contribution in [0, 0.1) is 5.92 Å². The number of nitrogens with two attached hydrogens (primary N) is 1. The van der Waals surface area contributed by atoms with Gasteiger partial charge in [0.25, 0.3) is 0 Å². The first kappa shape index (κ1) is 10.6. The van der Waals surface area contributed by atoms with Crippen LogP contribution in [0.3, 0.4) is 0 Å². The van der Waals surface area contributed by atoms with Gasteiger partial charge in [-0.15, -0.1) is 11.3 Å². The van der Waals surface area contributed by atoms with Crippen LogP contribution in [0.1, 0.15) is 25.8 Å². The first-order valence-corrected chi connectivity index (χ1v) is 4.63. The second-order valence-electron chi connectivity index (χ2n) is 2.86. The molecular weight excluding hydrogens is 156 g/mol. The van der Waals surface area contributed by atoms with Gasteiger partial charge in [0.05, 0.1) is 0 Å². The van der Waals surface area contributed by atoms with Crippen molar-refractivity contribution in [1.82, 2.24) is 4.98 Å². The monoisotopic (exact) mass is 172 g/mol. The van der Waals surface area contributed by atoms with Crippen LogP contribution in [-0.4, -0.2) is 4.98 Å². The number of hydrogen-bond acceptors (Lipinski definition) is 3. The van der Waals surface area contributed by atoms with Crippen molar-refractivity contribution in [3.8, 4) is 0 Å². The molecule has 0 bridgehead atoms. The van der Waals surface area contributed by atoms with Gasteiger partial charge >= 0.3 is 0 Å². The number of hydrogen-bond donors (Lipinski definition) is 1. The minimum Gasteiger partial charge on any atom is -0.325 e. The van der Waals surface area contributed by atoms with Crippen LogP contribution in [0.15, 0.2) is 11.6 Å². The predicted octanol–water partition coefficient (Wildman–Crippen LogP) is 2.26. The molecule has 0 atom stereocenters. The van der Waals surface area contributed by atoms with Crippen molar-refractivity contribution in [3.63, 3.8) is 0 Å². The summed E-state index contributed by atoms with van der Waals surface area (Å²) in [6.07, 6.45) is 1.76. The summed E-state index contributed by atoms with van der Waals surface area (Å²) >= 11 is 1.59. The lowest BCUT2D eigenvalue weighted by Crippen LogP contribution is -1.93. The summed E-state index contributed by atoms with van der Waals surface area (Å²) in [6, 6.07) is 0. The van der Waals surface area contributed by atoms with E-state index < -0.39 is 0 Å². The molecule has 0 aliphatic carbocycles. The Labute approximate surface area is 72.5 Å². The van der Waals surface area contributed by atoms with Crippen LogP contribution in [0.5, 0.6) is 0 Å². The quantitative estimate of drug-likeness (QED) is 0.705. The average molecular weight is 172 g/mol. The molecule has 0 amide bonds. The molecule has 1 aromatic rings. The van der Waals surface area contributed by atoms with Gasteiger partial charge in [-0.05, 0) is 5.92 Å². The zero-order chi connectivity index (χ0) is 8.69. The average Bonchev–Trinajstić information content (AvgIpc) is 2.36. The van der Waals surface area contributed by atoms with E-state index in [1.807, 2.05) is 5.38 Å². The van der Waals surface area contributed by atoms with E-state index in [2.05, 4.69) is 25.8 Å². The molecule has 2 nitrogen and oxygen atoms in total. The largest absolute Gasteiger partial charge is 0.325 e. The van der Waals surface area contributed by atoms with Crippen molar-refractivity contribution in [1.29, 1.82) is 0 Å². The molecule has 64 valence electrons. The van der Waals surface area contributed by atoms with E-state index in [4.69, 9.17) is 5.73 Å². The summed E-state index contributed by atoms with van der Waals surface area (Å²) in [5, 5.41) is 2.92. The Morgan fingerprint density at radius 1 is 1.55 bits per heavy atom. The van der Waals surface area contributed by atoms with Gasteiger partial charge in [-0.1, -0.05) is 20.8 Å². The highest BCUT2D eigenvalue weighted by atomic mass is 32.1. The van der Waals surface area contributed by atoms with E-state index in [-0.39, 0.29) is 0 Å². The maximum Gasteiger partial charge on any atom is 0.106 e. The molecule has 1 heterocycles. The second kappa shape index (κ2) is 6.31. The summed E-state index contributed by atoms with van der Waals surface area (Å²) in [5.41, 5.74) is 5.24. The predicted molar refractivity (Wildman–Crippen MR) is 50.5 cm³/mol. The number of thiazole rings is 1. The molecule has 0 saturated carbocycles. The fraction of sp³-hybridized carbons (Fsp3) is 0.625. The van der Waals surface area contributed by atoms with Crippen LogP contribution in [0.4, 0.5) is 0 Å². The van der Waals surface area contributed by atoms with Crippen molar-refractivity contribution >= 4 is 11.3 Å². The molecule has 0 fully saturated rings. The van der Waals surface area contributed by atoms with Crippen molar-refractivity contribution < 1.29 is 0 Å². The van der Waals surface area contributed by atoms with E-state index in [1.165, 1.54) is 0 Å². The van der Waals surface area contributed by atoms with Crippen molar-refractivity contribution in [2.75, 3.05) is 0 Å². The normalized spacial score (nSPS) is 9.18. The van der Waals surface area contributed by atoms with E-state index in [9.17, 15) is 0 Å². The fourth-order valence-electron chi connectivity index (χ4n) is 0.354. The lowest BCUT2D eigenvalue weighted by molar-refractivity contribution is 0.737. The molecule has 1 aromatic heterocycles. The van der Waals surface area contributed by atoms with Gasteiger partial charge in [0.1, 0.15) is 5.01 Å². The molecule has 0 aliphatic rings. The molecule has 1 rings (SSSR count). The molecule has 0 radical (unpaired) electrons. The summed E-state index contributed by atoms with van der Waals surface area (Å²) in [7, 11) is 0. The molecule has 0 aliphatic heterocycles. The maximum absolute atomic E-state index is 5.24. The third-order valence-electron chi connectivity index (χ3n) is 0.658. The lowest BCUT2D eigenvalue weighted by Gasteiger charge is -1.79. The number of nitrogens with zero attached hydrogens (tertiary/aromatic N) is 1. The topological polar surface area (TPSA) is 38.9 Å². The number of aromatic nitrogens is 1. The zero-order valence-electron chi connectivity index (χ0n) is 7.37. The molecular formula is C8H16N2S. The Morgan fingerprint density at radius 2 is 2.09 bits per heavy atom. The van der Waals surface area contributed by atoms with Gasteiger partial charge in [0.15, 0.2) is 0 Å². The Kier molecular flexibility index (Phi) is 6.07. The van der Waals surface area contributed by atoms with Crippen LogP contribution < -0.4 is 5.73 Å². The van der Waals surface area contributed by atoms with E-state index >= 15 is 0 Å². The minimum absolute atomic E-state index is 0.567. The van der Waals surface area contributed by atoms with Gasteiger partial charge < -0.3 is 5.73 Å². The van der Waals surface area contributed by atoms with E-state index in [0.29, 0.717) is 6.54 Å². The highest BCUT2D eigenvalue weighted by Crippen LogP contribution is 2.00. The third kappa shape index (κ3) is 7.49.